The minimum absolute atomic E-state index is 0.0289. The Morgan fingerprint density at radius 1 is 1.03 bits per heavy atom. The van der Waals surface area contributed by atoms with Gasteiger partial charge in [0, 0.05) is 42.9 Å². The molecule has 2 bridgehead atoms. The maximum atomic E-state index is 12.6. The van der Waals surface area contributed by atoms with E-state index in [-0.39, 0.29) is 23.3 Å². The van der Waals surface area contributed by atoms with Gasteiger partial charge in [-0.25, -0.2) is 0 Å². The van der Waals surface area contributed by atoms with Crippen molar-refractivity contribution in [2.24, 2.45) is 5.92 Å². The van der Waals surface area contributed by atoms with E-state index < -0.39 is 9.96 Å². The first-order valence-corrected chi connectivity index (χ1v) is 11.4. The van der Waals surface area contributed by atoms with Gasteiger partial charge in [0.25, 0.3) is 11.5 Å². The molecule has 2 aliphatic rings. The van der Waals surface area contributed by atoms with Crippen molar-refractivity contribution in [3.05, 3.63) is 70.1 Å². The summed E-state index contributed by atoms with van der Waals surface area (Å²) in [4.78, 5) is 26.8. The Labute approximate surface area is 200 Å². The lowest BCUT2D eigenvalue weighted by Gasteiger charge is -2.44. The fourth-order valence-corrected chi connectivity index (χ4v) is 4.88. The van der Waals surface area contributed by atoms with Crippen LogP contribution in [0.5, 0.6) is 0 Å². The number of aromatic nitrogens is 1. The van der Waals surface area contributed by atoms with Gasteiger partial charge in [0.1, 0.15) is 6.17 Å². The van der Waals surface area contributed by atoms with Crippen molar-refractivity contribution in [3.8, 4) is 0 Å². The number of nitrogens with zero attached hydrogens (tertiary/aromatic N) is 2. The molecule has 4 rings (SSSR count). The molecule has 2 aliphatic heterocycles. The monoisotopic (exact) mass is 498 g/mol. The lowest BCUT2D eigenvalue weighted by Crippen LogP contribution is -2.60. The second-order valence-electron chi connectivity index (χ2n) is 7.87. The fraction of sp³-hybridized carbons (Fsp3) is 0.381. The molecule has 0 aliphatic carbocycles. The van der Waals surface area contributed by atoms with Crippen molar-refractivity contribution in [1.29, 1.82) is 0 Å². The second-order valence-corrected chi connectivity index (χ2v) is 10.6. The van der Waals surface area contributed by atoms with Crippen LogP contribution in [0.4, 0.5) is 0 Å². The molecule has 1 fully saturated rings. The molecule has 6 nitrogen and oxygen atoms in total. The average molecular weight is 500 g/mol. The summed E-state index contributed by atoms with van der Waals surface area (Å²) < 4.78 is 0.0386. The topological polar surface area (TPSA) is 66.4 Å². The Kier molecular flexibility index (Phi) is 6.49. The Balaban J connectivity index is 1.47. The number of fused-ring (bicyclic) bond motifs is 4. The molecular weight excluding hydrogens is 479 g/mol. The number of pyridine rings is 1. The van der Waals surface area contributed by atoms with Gasteiger partial charge < -0.3 is 20.1 Å². The van der Waals surface area contributed by atoms with Gasteiger partial charge in [-0.3, -0.25) is 9.59 Å². The number of alkyl halides is 3. The highest BCUT2D eigenvalue weighted by Gasteiger charge is 2.39. The summed E-state index contributed by atoms with van der Waals surface area (Å²) >= 11 is 24.0. The molecule has 164 valence electrons. The van der Waals surface area contributed by atoms with Crippen molar-refractivity contribution in [2.75, 3.05) is 13.1 Å². The summed E-state index contributed by atoms with van der Waals surface area (Å²) in [6, 6.07) is 14.1. The lowest BCUT2D eigenvalue weighted by molar-refractivity contribution is 0.0932. The predicted octanol–water partition coefficient (Wildman–Crippen LogP) is 3.27. The van der Waals surface area contributed by atoms with Gasteiger partial charge in [0.05, 0.1) is 0 Å². The SMILES string of the molecule is O=C(NC(NC(=S)N1C[C@H]2C[C@@H](C1)c1cccc(=O)n1C2)C(Cl)(Cl)Cl)c1ccccc1. The number of benzene rings is 1. The number of carbonyl (C=O) groups excluding carboxylic acids is 1. The van der Waals surface area contributed by atoms with Crippen molar-refractivity contribution in [2.45, 2.75) is 28.8 Å². The van der Waals surface area contributed by atoms with Crippen molar-refractivity contribution >= 4 is 58.0 Å². The van der Waals surface area contributed by atoms with Crippen LogP contribution < -0.4 is 16.2 Å². The molecule has 3 atom stereocenters. The molecule has 31 heavy (non-hydrogen) atoms. The summed E-state index contributed by atoms with van der Waals surface area (Å²) in [5.74, 6) is 0.0959. The van der Waals surface area contributed by atoms with Gasteiger partial charge in [-0.2, -0.15) is 0 Å². The van der Waals surface area contributed by atoms with Gasteiger partial charge in [0.15, 0.2) is 5.11 Å². The van der Waals surface area contributed by atoms with Crippen LogP contribution in [0, 0.1) is 5.92 Å². The number of likely N-dealkylation sites (tertiary alicyclic amines) is 1. The molecule has 1 aromatic heterocycles. The number of rotatable bonds is 3. The summed E-state index contributed by atoms with van der Waals surface area (Å²) in [5, 5.41) is 6.12. The molecule has 0 spiro atoms. The van der Waals surface area contributed by atoms with E-state index in [9.17, 15) is 9.59 Å². The molecule has 1 amide bonds. The van der Waals surface area contributed by atoms with Crippen molar-refractivity contribution < 1.29 is 4.79 Å². The van der Waals surface area contributed by atoms with E-state index in [0.29, 0.717) is 30.3 Å². The van der Waals surface area contributed by atoms with Gasteiger partial charge in [-0.15, -0.1) is 0 Å². The van der Waals surface area contributed by atoms with Crippen molar-refractivity contribution in [1.82, 2.24) is 20.1 Å². The zero-order valence-corrected chi connectivity index (χ0v) is 19.5. The minimum atomic E-state index is -1.82. The van der Waals surface area contributed by atoms with Gasteiger partial charge >= 0.3 is 0 Å². The first kappa shape index (κ1) is 22.4. The van der Waals surface area contributed by atoms with Crippen LogP contribution >= 0.6 is 47.0 Å². The Hall–Kier alpha value is -1.80. The lowest BCUT2D eigenvalue weighted by atomic mass is 9.83. The van der Waals surface area contributed by atoms with E-state index >= 15 is 0 Å². The molecule has 2 N–H and O–H groups in total. The summed E-state index contributed by atoms with van der Waals surface area (Å²) in [7, 11) is 0. The maximum absolute atomic E-state index is 12.6. The molecule has 0 radical (unpaired) electrons. The van der Waals surface area contributed by atoms with Crippen LogP contribution in [0.2, 0.25) is 0 Å². The van der Waals surface area contributed by atoms with Gasteiger partial charge in [0.2, 0.25) is 3.79 Å². The molecule has 10 heteroatoms. The van der Waals surface area contributed by atoms with Gasteiger partial charge in [-0.1, -0.05) is 59.1 Å². The zero-order chi connectivity index (χ0) is 22.2. The summed E-state index contributed by atoms with van der Waals surface area (Å²) in [6.45, 7) is 1.98. The van der Waals surface area contributed by atoms with Crippen LogP contribution in [-0.2, 0) is 6.54 Å². The fourth-order valence-electron chi connectivity index (χ4n) is 4.28. The van der Waals surface area contributed by atoms with E-state index in [4.69, 9.17) is 47.0 Å². The molecule has 1 unspecified atom stereocenters. The van der Waals surface area contributed by atoms with Crippen LogP contribution in [0.1, 0.15) is 28.4 Å². The normalized spacial score (nSPS) is 21.1. The summed E-state index contributed by atoms with van der Waals surface area (Å²) in [5.41, 5.74) is 1.50. The number of thiocarbonyl (C=S) groups is 1. The molecule has 2 aromatic rings. The molecular formula is C21H21Cl3N4O2S. The van der Waals surface area contributed by atoms with Crippen LogP contribution in [-0.4, -0.2) is 43.5 Å². The maximum Gasteiger partial charge on any atom is 0.252 e. The highest BCUT2D eigenvalue weighted by Crippen LogP contribution is 2.35. The standard InChI is InChI=1S/C21H21Cl3N4O2S/c22-21(23,24)19(25-18(30)14-5-2-1-3-6-14)26-20(31)27-10-13-9-15(12-27)16-7-4-8-17(29)28(16)11-13/h1-8,13,15,19H,9-12H2,(H,25,30)(H,26,31)/t13-,15+,19?/m1/s1. The van der Waals surface area contributed by atoms with E-state index in [1.807, 2.05) is 21.6 Å². The van der Waals surface area contributed by atoms with Crippen molar-refractivity contribution in [3.63, 3.8) is 0 Å². The number of carbonyl (C=O) groups is 1. The Morgan fingerprint density at radius 3 is 2.48 bits per heavy atom. The van der Waals surface area contributed by atoms with E-state index in [1.54, 1.807) is 36.4 Å². The number of nitrogens with one attached hydrogen (secondary N) is 2. The first-order chi connectivity index (χ1) is 14.7. The average Bonchev–Trinajstić information content (AvgIpc) is 2.73. The smallest absolute Gasteiger partial charge is 0.252 e. The van der Waals surface area contributed by atoms with Crippen LogP contribution in [0.3, 0.4) is 0 Å². The van der Waals surface area contributed by atoms with Gasteiger partial charge in [-0.05, 0) is 42.8 Å². The molecule has 1 saturated heterocycles. The second kappa shape index (κ2) is 8.98. The molecule has 1 aromatic carbocycles. The quantitative estimate of drug-likeness (QED) is 0.385. The van der Waals surface area contributed by atoms with Crippen LogP contribution in [0.25, 0.3) is 0 Å². The number of halogens is 3. The molecule has 0 saturated carbocycles. The zero-order valence-electron chi connectivity index (χ0n) is 16.4. The van der Waals surface area contributed by atoms with E-state index in [2.05, 4.69) is 10.6 Å². The third-order valence-electron chi connectivity index (χ3n) is 5.67. The predicted molar refractivity (Wildman–Crippen MR) is 127 cm³/mol. The first-order valence-electron chi connectivity index (χ1n) is 9.90. The van der Waals surface area contributed by atoms with E-state index in [1.165, 1.54) is 0 Å². The number of hydrogen-bond acceptors (Lipinski definition) is 3. The Bertz CT molecular complexity index is 1040. The highest BCUT2D eigenvalue weighted by molar-refractivity contribution is 7.80. The number of piperidine rings is 1. The minimum Gasteiger partial charge on any atom is -0.348 e. The Morgan fingerprint density at radius 2 is 1.77 bits per heavy atom. The number of hydrogen-bond donors (Lipinski definition) is 2. The number of amides is 1. The van der Waals surface area contributed by atoms with E-state index in [0.717, 1.165) is 12.1 Å². The summed E-state index contributed by atoms with van der Waals surface area (Å²) in [6.07, 6.45) is -0.0179. The third kappa shape index (κ3) is 5.00. The molecule has 3 heterocycles. The highest BCUT2D eigenvalue weighted by atomic mass is 35.6. The largest absolute Gasteiger partial charge is 0.348 e. The van der Waals surface area contributed by atoms with Crippen LogP contribution in [0.15, 0.2) is 53.3 Å². The third-order valence-corrected chi connectivity index (χ3v) is 6.70.